The van der Waals surface area contributed by atoms with Gasteiger partial charge < -0.3 is 25.5 Å². The highest BCUT2D eigenvalue weighted by atomic mass is 19.1. The average molecular weight is 421 g/mol. The van der Waals surface area contributed by atoms with Crippen molar-refractivity contribution < 1.29 is 28.3 Å². The van der Waals surface area contributed by atoms with Gasteiger partial charge in [-0.2, -0.15) is 0 Å². The number of carbonyl (C=O) groups is 4. The molecule has 0 saturated carbocycles. The number of alkyl carbamates (subject to hydrolysis) is 1. The van der Waals surface area contributed by atoms with Gasteiger partial charge in [0, 0.05) is 12.5 Å². The zero-order chi connectivity index (χ0) is 22.1. The van der Waals surface area contributed by atoms with Gasteiger partial charge in [0.05, 0.1) is 6.04 Å². The molecule has 8 nitrogen and oxygen atoms in total. The predicted octanol–water partition coefficient (Wildman–Crippen LogP) is 1.68. The molecule has 9 heteroatoms. The summed E-state index contributed by atoms with van der Waals surface area (Å²) < 4.78 is 18.0. The van der Waals surface area contributed by atoms with E-state index in [-0.39, 0.29) is 30.8 Å². The lowest BCUT2D eigenvalue weighted by Gasteiger charge is -2.23. The minimum atomic E-state index is -0.898. The number of hydrogen-bond donors (Lipinski definition) is 3. The second-order valence-electron chi connectivity index (χ2n) is 7.79. The van der Waals surface area contributed by atoms with Crippen molar-refractivity contribution in [2.24, 2.45) is 11.8 Å². The Kier molecular flexibility index (Phi) is 8.76. The first-order valence-electron chi connectivity index (χ1n) is 9.99. The molecular formula is C21H28FN3O5. The van der Waals surface area contributed by atoms with Gasteiger partial charge in [-0.3, -0.25) is 9.59 Å². The average Bonchev–Trinajstić information content (AvgIpc) is 3.10. The lowest BCUT2D eigenvalue weighted by Crippen LogP contribution is -2.51. The van der Waals surface area contributed by atoms with Crippen molar-refractivity contribution in [2.45, 2.75) is 51.8 Å². The van der Waals surface area contributed by atoms with Gasteiger partial charge in [0.2, 0.25) is 11.8 Å². The van der Waals surface area contributed by atoms with Crippen LogP contribution >= 0.6 is 0 Å². The van der Waals surface area contributed by atoms with E-state index in [0.717, 1.165) is 0 Å². The maximum Gasteiger partial charge on any atom is 0.408 e. The van der Waals surface area contributed by atoms with E-state index in [2.05, 4.69) is 16.0 Å². The minimum absolute atomic E-state index is 0.0735. The Bertz CT molecular complexity index is 754. The Labute approximate surface area is 174 Å². The maximum atomic E-state index is 12.9. The molecule has 1 aliphatic heterocycles. The summed E-state index contributed by atoms with van der Waals surface area (Å²) in [6, 6.07) is 3.79. The van der Waals surface area contributed by atoms with E-state index in [9.17, 15) is 23.6 Å². The summed E-state index contributed by atoms with van der Waals surface area (Å²) >= 11 is 0. The molecule has 1 fully saturated rings. The molecule has 2 rings (SSSR count). The van der Waals surface area contributed by atoms with E-state index in [1.807, 2.05) is 13.8 Å². The van der Waals surface area contributed by atoms with Crippen LogP contribution in [0.5, 0.6) is 0 Å². The van der Waals surface area contributed by atoms with Crippen LogP contribution in [0.2, 0.25) is 0 Å². The molecular weight excluding hydrogens is 393 g/mol. The van der Waals surface area contributed by atoms with Crippen molar-refractivity contribution in [3.05, 3.63) is 35.6 Å². The lowest BCUT2D eigenvalue weighted by molar-refractivity contribution is -0.127. The topological polar surface area (TPSA) is 114 Å². The van der Waals surface area contributed by atoms with E-state index in [0.29, 0.717) is 31.2 Å². The molecule has 1 saturated heterocycles. The van der Waals surface area contributed by atoms with E-state index >= 15 is 0 Å². The third-order valence-corrected chi connectivity index (χ3v) is 4.79. The van der Waals surface area contributed by atoms with Gasteiger partial charge in [0.15, 0.2) is 0 Å². The summed E-state index contributed by atoms with van der Waals surface area (Å²) in [6.07, 6.45) is 0.973. The highest BCUT2D eigenvalue weighted by Gasteiger charge is 2.30. The van der Waals surface area contributed by atoms with Gasteiger partial charge in [-0.15, -0.1) is 0 Å². The highest BCUT2D eigenvalue weighted by molar-refractivity contribution is 5.88. The first kappa shape index (κ1) is 23.3. The second kappa shape index (κ2) is 11.3. The van der Waals surface area contributed by atoms with Crippen LogP contribution in [0.4, 0.5) is 9.18 Å². The summed E-state index contributed by atoms with van der Waals surface area (Å²) in [6.45, 7) is 4.27. The van der Waals surface area contributed by atoms with Gasteiger partial charge in [0.25, 0.3) is 0 Å². The smallest absolute Gasteiger partial charge is 0.408 e. The number of ether oxygens (including phenoxy) is 1. The van der Waals surface area contributed by atoms with E-state index in [4.69, 9.17) is 4.74 Å². The standard InChI is InChI=1S/C21H28FN3O5/c1-13(2)9-18(25-21(29)30-12-14-3-5-16(22)6-4-14)20(28)24-17(11-26)10-15-7-8-23-19(15)27/h3-6,11,13,15,17-18H,7-10,12H2,1-2H3,(H,23,27)(H,24,28)(H,25,29)/t15?,17-,18-/m0/s1. The first-order valence-corrected chi connectivity index (χ1v) is 9.99. The van der Waals surface area contributed by atoms with Crippen LogP contribution in [0.1, 0.15) is 38.7 Å². The van der Waals surface area contributed by atoms with Crippen LogP contribution in [-0.2, 0) is 25.7 Å². The van der Waals surface area contributed by atoms with Crippen molar-refractivity contribution in [2.75, 3.05) is 6.54 Å². The Hall–Kier alpha value is -2.97. The molecule has 3 amide bonds. The minimum Gasteiger partial charge on any atom is -0.445 e. The fourth-order valence-electron chi connectivity index (χ4n) is 3.22. The van der Waals surface area contributed by atoms with Crippen LogP contribution in [0.3, 0.4) is 0 Å². The molecule has 0 radical (unpaired) electrons. The number of aldehydes is 1. The summed E-state index contributed by atoms with van der Waals surface area (Å²) in [5, 5.41) is 7.82. The molecule has 1 aliphatic rings. The Morgan fingerprint density at radius 2 is 1.97 bits per heavy atom. The van der Waals surface area contributed by atoms with Crippen molar-refractivity contribution >= 4 is 24.2 Å². The molecule has 1 unspecified atom stereocenters. The number of halogens is 1. The van der Waals surface area contributed by atoms with Crippen LogP contribution in [0.15, 0.2) is 24.3 Å². The molecule has 0 aliphatic carbocycles. The number of benzene rings is 1. The number of carbonyl (C=O) groups excluding carboxylic acids is 4. The summed E-state index contributed by atoms with van der Waals surface area (Å²) in [5.41, 5.74) is 0.604. The van der Waals surface area contributed by atoms with Crippen molar-refractivity contribution in [3.63, 3.8) is 0 Å². The molecule has 0 bridgehead atoms. The number of rotatable bonds is 10. The monoisotopic (exact) mass is 421 g/mol. The highest BCUT2D eigenvalue weighted by Crippen LogP contribution is 2.16. The van der Waals surface area contributed by atoms with Gasteiger partial charge in [-0.05, 0) is 42.9 Å². The van der Waals surface area contributed by atoms with Gasteiger partial charge in [0.1, 0.15) is 24.8 Å². The van der Waals surface area contributed by atoms with Gasteiger partial charge >= 0.3 is 6.09 Å². The molecule has 3 N–H and O–H groups in total. The van der Waals surface area contributed by atoms with Crippen LogP contribution in [0, 0.1) is 17.7 Å². The molecule has 30 heavy (non-hydrogen) atoms. The first-order chi connectivity index (χ1) is 14.3. The molecule has 0 aromatic heterocycles. The summed E-state index contributed by atoms with van der Waals surface area (Å²) in [4.78, 5) is 47.9. The molecule has 1 aromatic carbocycles. The third kappa shape index (κ3) is 7.46. The molecule has 164 valence electrons. The number of nitrogens with one attached hydrogen (secondary N) is 3. The maximum absolute atomic E-state index is 12.9. The second-order valence-corrected chi connectivity index (χ2v) is 7.79. The molecule has 1 heterocycles. The largest absolute Gasteiger partial charge is 0.445 e. The SMILES string of the molecule is CC(C)C[C@H](NC(=O)OCc1ccc(F)cc1)C(=O)N[C@H](C=O)CC1CCNC1=O. The molecule has 3 atom stereocenters. The van der Waals surface area contributed by atoms with Crippen LogP contribution in [0.25, 0.3) is 0 Å². The Morgan fingerprint density at radius 3 is 2.53 bits per heavy atom. The molecule has 1 aromatic rings. The predicted molar refractivity (Wildman–Crippen MR) is 107 cm³/mol. The van der Waals surface area contributed by atoms with Crippen molar-refractivity contribution in [1.29, 1.82) is 0 Å². The fraction of sp³-hybridized carbons (Fsp3) is 0.524. The van der Waals surface area contributed by atoms with Crippen molar-refractivity contribution in [3.8, 4) is 0 Å². The zero-order valence-corrected chi connectivity index (χ0v) is 17.2. The van der Waals surface area contributed by atoms with E-state index in [1.165, 1.54) is 24.3 Å². The zero-order valence-electron chi connectivity index (χ0n) is 17.2. The van der Waals surface area contributed by atoms with E-state index < -0.39 is 29.9 Å². The van der Waals surface area contributed by atoms with Crippen LogP contribution < -0.4 is 16.0 Å². The summed E-state index contributed by atoms with van der Waals surface area (Å²) in [7, 11) is 0. The normalized spacial score (nSPS) is 17.7. The molecule has 0 spiro atoms. The Balaban J connectivity index is 1.91. The quantitative estimate of drug-likeness (QED) is 0.498. The third-order valence-electron chi connectivity index (χ3n) is 4.79. The van der Waals surface area contributed by atoms with E-state index in [1.54, 1.807) is 0 Å². The van der Waals surface area contributed by atoms with Crippen LogP contribution in [-0.4, -0.2) is 42.8 Å². The fourth-order valence-corrected chi connectivity index (χ4v) is 3.22. The van der Waals surface area contributed by atoms with Crippen molar-refractivity contribution in [1.82, 2.24) is 16.0 Å². The van der Waals surface area contributed by atoms with Gasteiger partial charge in [-0.1, -0.05) is 26.0 Å². The lowest BCUT2D eigenvalue weighted by atomic mass is 9.98. The van der Waals surface area contributed by atoms with Gasteiger partial charge in [-0.25, -0.2) is 9.18 Å². The number of amides is 3. The number of hydrogen-bond acceptors (Lipinski definition) is 5. The Morgan fingerprint density at radius 1 is 1.27 bits per heavy atom. The summed E-state index contributed by atoms with van der Waals surface area (Å²) in [5.74, 6) is -1.27.